The molecule has 0 aromatic carbocycles. The van der Waals surface area contributed by atoms with Crippen LogP contribution < -0.4 is 15.4 Å². The first-order chi connectivity index (χ1) is 8.56. The molecule has 3 N–H and O–H groups in total. The van der Waals surface area contributed by atoms with E-state index >= 15 is 0 Å². The molecule has 0 spiro atoms. The summed E-state index contributed by atoms with van der Waals surface area (Å²) in [5.74, 6) is 0.799. The standard InChI is InChI=1S/C11H21N5O2/c1-5-11(17,6-2)7-13-9-14-8(12-3)15-10(16-9)18-4/h17H,5-7H2,1-4H3,(H2,12,13,14,15,16). The Kier molecular flexibility index (Phi) is 5.08. The second kappa shape index (κ2) is 6.34. The summed E-state index contributed by atoms with van der Waals surface area (Å²) in [5.41, 5.74) is -0.750. The van der Waals surface area contributed by atoms with E-state index < -0.39 is 5.60 Å². The van der Waals surface area contributed by atoms with Gasteiger partial charge in [0.25, 0.3) is 0 Å². The van der Waals surface area contributed by atoms with Crippen LogP contribution in [0.3, 0.4) is 0 Å². The Bertz CT molecular complexity index is 359. The Morgan fingerprint density at radius 2 is 1.78 bits per heavy atom. The number of rotatable bonds is 7. The minimum atomic E-state index is -0.750. The maximum atomic E-state index is 10.2. The fraction of sp³-hybridized carbons (Fsp3) is 0.727. The molecule has 0 bridgehead atoms. The zero-order valence-corrected chi connectivity index (χ0v) is 11.3. The van der Waals surface area contributed by atoms with Crippen molar-refractivity contribution in [1.29, 1.82) is 0 Å². The average molecular weight is 255 g/mol. The Hall–Kier alpha value is -1.63. The van der Waals surface area contributed by atoms with Crippen molar-refractivity contribution in [3.63, 3.8) is 0 Å². The second-order valence-corrected chi connectivity index (χ2v) is 4.00. The number of nitrogens with zero attached hydrogens (tertiary/aromatic N) is 3. The molecule has 0 radical (unpaired) electrons. The fourth-order valence-corrected chi connectivity index (χ4v) is 1.38. The van der Waals surface area contributed by atoms with Gasteiger partial charge in [0.15, 0.2) is 0 Å². The largest absolute Gasteiger partial charge is 0.467 e. The van der Waals surface area contributed by atoms with Crippen molar-refractivity contribution in [2.24, 2.45) is 0 Å². The Labute approximate surface area is 107 Å². The van der Waals surface area contributed by atoms with E-state index in [9.17, 15) is 5.11 Å². The van der Waals surface area contributed by atoms with Gasteiger partial charge in [-0.15, -0.1) is 0 Å². The molecule has 7 heteroatoms. The first kappa shape index (κ1) is 14.4. The van der Waals surface area contributed by atoms with E-state index in [0.29, 0.717) is 31.3 Å². The van der Waals surface area contributed by atoms with Gasteiger partial charge in [-0.25, -0.2) is 0 Å². The third-order valence-electron chi connectivity index (χ3n) is 2.91. The van der Waals surface area contributed by atoms with Crippen molar-refractivity contribution in [2.45, 2.75) is 32.3 Å². The molecule has 18 heavy (non-hydrogen) atoms. The van der Waals surface area contributed by atoms with Crippen LogP contribution >= 0.6 is 0 Å². The first-order valence-electron chi connectivity index (χ1n) is 6.01. The van der Waals surface area contributed by atoms with Gasteiger partial charge in [-0.3, -0.25) is 0 Å². The zero-order valence-electron chi connectivity index (χ0n) is 11.3. The van der Waals surface area contributed by atoms with E-state index in [0.717, 1.165) is 0 Å². The molecular formula is C11H21N5O2. The summed E-state index contributed by atoms with van der Waals surface area (Å²) in [6.45, 7) is 4.27. The van der Waals surface area contributed by atoms with E-state index in [1.807, 2.05) is 13.8 Å². The molecule has 0 unspecified atom stereocenters. The highest BCUT2D eigenvalue weighted by molar-refractivity contribution is 5.35. The van der Waals surface area contributed by atoms with Crippen LogP contribution in [0, 0.1) is 0 Å². The molecule has 0 saturated carbocycles. The van der Waals surface area contributed by atoms with Gasteiger partial charge in [-0.2, -0.15) is 15.0 Å². The first-order valence-corrected chi connectivity index (χ1v) is 6.01. The highest BCUT2D eigenvalue weighted by Crippen LogP contribution is 2.16. The minimum Gasteiger partial charge on any atom is -0.467 e. The molecule has 1 rings (SSSR count). The summed E-state index contributed by atoms with van der Waals surface area (Å²) in [6.07, 6.45) is 1.33. The van der Waals surface area contributed by atoms with Gasteiger partial charge in [-0.1, -0.05) is 13.8 Å². The third-order valence-corrected chi connectivity index (χ3v) is 2.91. The predicted octanol–water partition coefficient (Wildman–Crippen LogP) is 0.885. The van der Waals surface area contributed by atoms with Crippen molar-refractivity contribution in [3.05, 3.63) is 0 Å². The third kappa shape index (κ3) is 3.69. The number of aromatic nitrogens is 3. The van der Waals surface area contributed by atoms with Crippen LogP contribution in [0.15, 0.2) is 0 Å². The molecule has 102 valence electrons. The lowest BCUT2D eigenvalue weighted by atomic mass is 9.98. The maximum Gasteiger partial charge on any atom is 0.322 e. The van der Waals surface area contributed by atoms with Crippen molar-refractivity contribution in [1.82, 2.24) is 15.0 Å². The number of aliphatic hydroxyl groups is 1. The summed E-state index contributed by atoms with van der Waals surface area (Å²) < 4.78 is 4.98. The van der Waals surface area contributed by atoms with Gasteiger partial charge >= 0.3 is 6.01 Å². The van der Waals surface area contributed by atoms with E-state index in [1.54, 1.807) is 7.05 Å². The van der Waals surface area contributed by atoms with Crippen molar-refractivity contribution >= 4 is 11.9 Å². The molecule has 0 aliphatic carbocycles. The zero-order chi connectivity index (χ0) is 13.6. The van der Waals surface area contributed by atoms with E-state index in [4.69, 9.17) is 4.74 Å². The number of hydrogen-bond donors (Lipinski definition) is 3. The topological polar surface area (TPSA) is 92.2 Å². The van der Waals surface area contributed by atoms with Crippen LogP contribution in [0.25, 0.3) is 0 Å². The van der Waals surface area contributed by atoms with Crippen LogP contribution in [0.4, 0.5) is 11.9 Å². The molecular weight excluding hydrogens is 234 g/mol. The Morgan fingerprint density at radius 1 is 1.17 bits per heavy atom. The van der Waals surface area contributed by atoms with E-state index in [2.05, 4.69) is 25.6 Å². The van der Waals surface area contributed by atoms with Crippen molar-refractivity contribution < 1.29 is 9.84 Å². The van der Waals surface area contributed by atoms with Gasteiger partial charge in [-0.05, 0) is 12.8 Å². The molecule has 1 aromatic heterocycles. The van der Waals surface area contributed by atoms with Gasteiger partial charge in [0.2, 0.25) is 11.9 Å². The number of anilines is 2. The normalized spacial score (nSPS) is 11.2. The lowest BCUT2D eigenvalue weighted by Gasteiger charge is -2.25. The van der Waals surface area contributed by atoms with Crippen molar-refractivity contribution in [3.8, 4) is 6.01 Å². The SMILES string of the molecule is CCC(O)(CC)CNc1nc(NC)nc(OC)n1. The number of methoxy groups -OCH3 is 1. The van der Waals surface area contributed by atoms with Gasteiger partial charge in [0, 0.05) is 13.6 Å². The van der Waals surface area contributed by atoms with Crippen molar-refractivity contribution in [2.75, 3.05) is 31.3 Å². The fourth-order valence-electron chi connectivity index (χ4n) is 1.38. The summed E-state index contributed by atoms with van der Waals surface area (Å²) >= 11 is 0. The quantitative estimate of drug-likeness (QED) is 0.666. The number of nitrogens with one attached hydrogen (secondary N) is 2. The lowest BCUT2D eigenvalue weighted by molar-refractivity contribution is 0.0455. The number of hydrogen-bond acceptors (Lipinski definition) is 7. The molecule has 0 saturated heterocycles. The Balaban J connectivity index is 2.78. The average Bonchev–Trinajstić information content (AvgIpc) is 2.44. The predicted molar refractivity (Wildman–Crippen MR) is 69.9 cm³/mol. The Morgan fingerprint density at radius 3 is 2.28 bits per heavy atom. The van der Waals surface area contributed by atoms with Gasteiger partial charge in [0.1, 0.15) is 0 Å². The monoisotopic (exact) mass is 255 g/mol. The van der Waals surface area contributed by atoms with Crippen LogP contribution in [-0.4, -0.2) is 46.4 Å². The van der Waals surface area contributed by atoms with Crippen LogP contribution in [0.2, 0.25) is 0 Å². The highest BCUT2D eigenvalue weighted by atomic mass is 16.5. The highest BCUT2D eigenvalue weighted by Gasteiger charge is 2.22. The molecule has 0 aliphatic heterocycles. The maximum absolute atomic E-state index is 10.2. The molecule has 0 fully saturated rings. The molecule has 0 aliphatic rings. The van der Waals surface area contributed by atoms with E-state index in [-0.39, 0.29) is 6.01 Å². The van der Waals surface area contributed by atoms with E-state index in [1.165, 1.54) is 7.11 Å². The summed E-state index contributed by atoms with van der Waals surface area (Å²) in [6, 6.07) is 0.230. The lowest BCUT2D eigenvalue weighted by Crippen LogP contribution is -2.35. The van der Waals surface area contributed by atoms with Crippen LogP contribution in [0.1, 0.15) is 26.7 Å². The summed E-state index contributed by atoms with van der Waals surface area (Å²) in [5, 5.41) is 16.0. The number of ether oxygens (including phenoxy) is 1. The molecule has 1 heterocycles. The van der Waals surface area contributed by atoms with Gasteiger partial charge < -0.3 is 20.5 Å². The second-order valence-electron chi connectivity index (χ2n) is 4.00. The smallest absolute Gasteiger partial charge is 0.322 e. The summed E-state index contributed by atoms with van der Waals surface area (Å²) in [7, 11) is 3.21. The minimum absolute atomic E-state index is 0.230. The van der Waals surface area contributed by atoms with Crippen LogP contribution in [-0.2, 0) is 0 Å². The molecule has 1 aromatic rings. The van der Waals surface area contributed by atoms with Gasteiger partial charge in [0.05, 0.1) is 12.7 Å². The van der Waals surface area contributed by atoms with Crippen LogP contribution in [0.5, 0.6) is 6.01 Å². The molecule has 7 nitrogen and oxygen atoms in total. The molecule has 0 amide bonds. The molecule has 0 atom stereocenters. The summed E-state index contributed by atoms with van der Waals surface area (Å²) in [4.78, 5) is 12.2.